The number of nitrogens with one attached hydrogen (secondary N) is 2. The topological polar surface area (TPSA) is 50.4 Å². The van der Waals surface area contributed by atoms with E-state index in [1.807, 2.05) is 0 Å². The molecule has 0 saturated carbocycles. The van der Waals surface area contributed by atoms with Crippen LogP contribution < -0.4 is 10.6 Å². The van der Waals surface area contributed by atoms with Gasteiger partial charge in [-0.15, -0.1) is 12.4 Å². The van der Waals surface area contributed by atoms with Gasteiger partial charge in [0.25, 0.3) is 0 Å². The summed E-state index contributed by atoms with van der Waals surface area (Å²) in [6.07, 6.45) is -0.857. The number of rotatable bonds is 7. The molecule has 0 unspecified atom stereocenters. The van der Waals surface area contributed by atoms with Crippen molar-refractivity contribution in [3.05, 3.63) is 0 Å². The number of halogens is 4. The second kappa shape index (κ2) is 10.2. The number of hydrogen-bond donors (Lipinski definition) is 2. The molecule has 0 bridgehead atoms. The quantitative estimate of drug-likeness (QED) is 0.705. The van der Waals surface area contributed by atoms with Crippen molar-refractivity contribution < 1.29 is 22.7 Å². The zero-order valence-corrected chi connectivity index (χ0v) is 12.1. The highest BCUT2D eigenvalue weighted by atomic mass is 35.5. The van der Waals surface area contributed by atoms with Gasteiger partial charge < -0.3 is 15.4 Å². The number of ether oxygens (including phenoxy) is 1. The highest BCUT2D eigenvalue weighted by molar-refractivity contribution is 5.85. The third-order valence-electron chi connectivity index (χ3n) is 3.07. The summed E-state index contributed by atoms with van der Waals surface area (Å²) in [6, 6.07) is 0. The Labute approximate surface area is 123 Å². The number of carbonyl (C=O) groups is 1. The summed E-state index contributed by atoms with van der Waals surface area (Å²) in [7, 11) is 0. The van der Waals surface area contributed by atoms with Crippen molar-refractivity contribution in [1.82, 2.24) is 10.6 Å². The van der Waals surface area contributed by atoms with E-state index in [1.54, 1.807) is 0 Å². The first-order valence-electron chi connectivity index (χ1n) is 6.59. The van der Waals surface area contributed by atoms with Crippen LogP contribution in [0.15, 0.2) is 0 Å². The molecule has 1 heterocycles. The summed E-state index contributed by atoms with van der Waals surface area (Å²) in [4.78, 5) is 11.4. The monoisotopic (exact) mass is 318 g/mol. The summed E-state index contributed by atoms with van der Waals surface area (Å²) in [5, 5.41) is 5.82. The molecule has 0 aromatic carbocycles. The van der Waals surface area contributed by atoms with Gasteiger partial charge in [-0.3, -0.25) is 4.79 Å². The molecule has 8 heteroatoms. The minimum absolute atomic E-state index is 0. The fourth-order valence-corrected chi connectivity index (χ4v) is 2.04. The van der Waals surface area contributed by atoms with Gasteiger partial charge in [0, 0.05) is 13.0 Å². The Morgan fingerprint density at radius 1 is 1.30 bits per heavy atom. The smallest absolute Gasteiger partial charge is 0.370 e. The van der Waals surface area contributed by atoms with Crippen molar-refractivity contribution in [2.75, 3.05) is 32.8 Å². The largest absolute Gasteiger partial charge is 0.411 e. The maximum absolute atomic E-state index is 11.8. The lowest BCUT2D eigenvalue weighted by Crippen LogP contribution is -2.31. The highest BCUT2D eigenvalue weighted by Gasteiger charge is 2.27. The molecule has 2 N–H and O–H groups in total. The number of alkyl halides is 3. The third-order valence-corrected chi connectivity index (χ3v) is 3.07. The molecule has 0 aliphatic carbocycles. The Morgan fingerprint density at radius 3 is 2.55 bits per heavy atom. The molecule has 1 aliphatic heterocycles. The zero-order valence-electron chi connectivity index (χ0n) is 11.3. The molecular formula is C12H22ClF3N2O2. The van der Waals surface area contributed by atoms with Crippen molar-refractivity contribution >= 4 is 18.3 Å². The Kier molecular flexibility index (Phi) is 9.96. The van der Waals surface area contributed by atoms with Crippen LogP contribution in [0, 0.1) is 5.92 Å². The number of amides is 1. The average molecular weight is 319 g/mol. The van der Waals surface area contributed by atoms with Crippen LogP contribution in [0.25, 0.3) is 0 Å². The molecular weight excluding hydrogens is 297 g/mol. The Hall–Kier alpha value is -0.530. The lowest BCUT2D eigenvalue weighted by atomic mass is 9.93. The molecule has 1 fully saturated rings. The average Bonchev–Trinajstić information content (AvgIpc) is 2.36. The first-order valence-corrected chi connectivity index (χ1v) is 6.59. The standard InChI is InChI=1S/C12H21F3N2O2.ClH/c13-12(14,15)9-19-8-7-17-11(18)2-1-10-3-5-16-6-4-10;/h10,16H,1-9H2,(H,17,18);1H. The summed E-state index contributed by atoms with van der Waals surface area (Å²) in [5.41, 5.74) is 0. The molecule has 120 valence electrons. The lowest BCUT2D eigenvalue weighted by molar-refractivity contribution is -0.173. The second-order valence-electron chi connectivity index (χ2n) is 4.75. The summed E-state index contributed by atoms with van der Waals surface area (Å²) >= 11 is 0. The fourth-order valence-electron chi connectivity index (χ4n) is 2.04. The van der Waals surface area contributed by atoms with Crippen LogP contribution in [0.4, 0.5) is 13.2 Å². The summed E-state index contributed by atoms with van der Waals surface area (Å²) in [5.74, 6) is 0.461. The van der Waals surface area contributed by atoms with Gasteiger partial charge in [-0.05, 0) is 38.3 Å². The number of piperidine rings is 1. The van der Waals surface area contributed by atoms with E-state index in [2.05, 4.69) is 15.4 Å². The molecule has 0 spiro atoms. The van der Waals surface area contributed by atoms with Crippen molar-refractivity contribution in [2.45, 2.75) is 31.9 Å². The van der Waals surface area contributed by atoms with Crippen LogP contribution in [-0.2, 0) is 9.53 Å². The lowest BCUT2D eigenvalue weighted by Gasteiger charge is -2.22. The molecule has 4 nitrogen and oxygen atoms in total. The minimum atomic E-state index is -4.31. The van der Waals surface area contributed by atoms with Gasteiger partial charge in [0.1, 0.15) is 6.61 Å². The molecule has 0 atom stereocenters. The van der Waals surface area contributed by atoms with E-state index in [9.17, 15) is 18.0 Å². The highest BCUT2D eigenvalue weighted by Crippen LogP contribution is 2.17. The fraction of sp³-hybridized carbons (Fsp3) is 0.917. The van der Waals surface area contributed by atoms with Crippen molar-refractivity contribution in [3.63, 3.8) is 0 Å². The normalized spacial score (nSPS) is 16.6. The van der Waals surface area contributed by atoms with Gasteiger partial charge >= 0.3 is 6.18 Å². The van der Waals surface area contributed by atoms with Crippen LogP contribution in [0.2, 0.25) is 0 Å². The Balaban J connectivity index is 0.00000361. The van der Waals surface area contributed by atoms with Crippen LogP contribution >= 0.6 is 12.4 Å². The van der Waals surface area contributed by atoms with Crippen molar-refractivity contribution in [1.29, 1.82) is 0 Å². The first-order chi connectivity index (χ1) is 8.97. The summed E-state index contributed by atoms with van der Waals surface area (Å²) in [6.45, 7) is 0.743. The third kappa shape index (κ3) is 10.3. The van der Waals surface area contributed by atoms with Crippen LogP contribution in [-0.4, -0.2) is 44.9 Å². The van der Waals surface area contributed by atoms with Crippen molar-refractivity contribution in [3.8, 4) is 0 Å². The number of carbonyl (C=O) groups excluding carboxylic acids is 1. The molecule has 1 rings (SSSR count). The molecule has 1 saturated heterocycles. The number of hydrogen-bond acceptors (Lipinski definition) is 3. The van der Waals surface area contributed by atoms with Crippen molar-refractivity contribution in [2.24, 2.45) is 5.92 Å². The van der Waals surface area contributed by atoms with E-state index in [0.29, 0.717) is 12.3 Å². The molecule has 1 amide bonds. The van der Waals surface area contributed by atoms with E-state index in [1.165, 1.54) is 0 Å². The van der Waals surface area contributed by atoms with E-state index in [4.69, 9.17) is 0 Å². The van der Waals surface area contributed by atoms with E-state index < -0.39 is 12.8 Å². The van der Waals surface area contributed by atoms with Gasteiger partial charge in [-0.1, -0.05) is 0 Å². The van der Waals surface area contributed by atoms with Crippen LogP contribution in [0.3, 0.4) is 0 Å². The predicted molar refractivity (Wildman–Crippen MR) is 72.0 cm³/mol. The van der Waals surface area contributed by atoms with Gasteiger partial charge in [0.15, 0.2) is 0 Å². The predicted octanol–water partition coefficient (Wildman–Crippen LogP) is 1.88. The Morgan fingerprint density at radius 2 is 1.95 bits per heavy atom. The van der Waals surface area contributed by atoms with E-state index in [-0.39, 0.29) is 31.5 Å². The SMILES string of the molecule is Cl.O=C(CCC1CCNCC1)NCCOCC(F)(F)F. The first kappa shape index (κ1) is 19.5. The van der Waals surface area contributed by atoms with E-state index >= 15 is 0 Å². The molecule has 1 aliphatic rings. The van der Waals surface area contributed by atoms with Gasteiger partial charge in [-0.25, -0.2) is 0 Å². The molecule has 0 aromatic heterocycles. The van der Waals surface area contributed by atoms with Gasteiger partial charge in [0.05, 0.1) is 6.61 Å². The zero-order chi connectivity index (χ0) is 14.1. The molecule has 0 radical (unpaired) electrons. The molecule has 20 heavy (non-hydrogen) atoms. The minimum Gasteiger partial charge on any atom is -0.370 e. The second-order valence-corrected chi connectivity index (χ2v) is 4.75. The maximum atomic E-state index is 11.8. The van der Waals surface area contributed by atoms with Gasteiger partial charge in [0.2, 0.25) is 5.91 Å². The summed E-state index contributed by atoms with van der Waals surface area (Å²) < 4.78 is 39.6. The van der Waals surface area contributed by atoms with E-state index in [0.717, 1.165) is 32.4 Å². The Bertz CT molecular complexity index is 272. The van der Waals surface area contributed by atoms with Crippen LogP contribution in [0.1, 0.15) is 25.7 Å². The maximum Gasteiger partial charge on any atom is 0.411 e. The van der Waals surface area contributed by atoms with Crippen LogP contribution in [0.5, 0.6) is 0 Å². The molecule has 0 aromatic rings. The van der Waals surface area contributed by atoms with Gasteiger partial charge in [-0.2, -0.15) is 13.2 Å².